The number of esters is 1. The van der Waals surface area contributed by atoms with Crippen molar-refractivity contribution in [2.75, 3.05) is 12.4 Å². The first kappa shape index (κ1) is 16.4. The van der Waals surface area contributed by atoms with Gasteiger partial charge < -0.3 is 10.1 Å². The minimum atomic E-state index is -0.181. The Balaban J connectivity index is 1.91. The Bertz CT molecular complexity index is 533. The second kappa shape index (κ2) is 7.84. The van der Waals surface area contributed by atoms with Gasteiger partial charge in [0.1, 0.15) is 0 Å². The first-order chi connectivity index (χ1) is 10.6. The van der Waals surface area contributed by atoms with Crippen LogP contribution in [-0.2, 0) is 9.53 Å². The topological polar surface area (TPSA) is 62.1 Å². The lowest BCUT2D eigenvalue weighted by atomic mass is 9.86. The zero-order chi connectivity index (χ0) is 15.9. The SMILES string of the molecule is COC(=O)C[C@H](C)c1ccc(N[C@@H]2CCC[C@@H](C#N)C2)cc1. The van der Waals surface area contributed by atoms with Gasteiger partial charge in [0.2, 0.25) is 0 Å². The average molecular weight is 300 g/mol. The van der Waals surface area contributed by atoms with Crippen LogP contribution < -0.4 is 5.32 Å². The Hall–Kier alpha value is -2.02. The van der Waals surface area contributed by atoms with Crippen LogP contribution >= 0.6 is 0 Å². The predicted octanol–water partition coefficient (Wildman–Crippen LogP) is 3.85. The van der Waals surface area contributed by atoms with E-state index in [-0.39, 0.29) is 17.8 Å². The molecular weight excluding hydrogens is 276 g/mol. The maximum atomic E-state index is 11.3. The zero-order valence-electron chi connectivity index (χ0n) is 13.3. The van der Waals surface area contributed by atoms with Crippen molar-refractivity contribution < 1.29 is 9.53 Å². The van der Waals surface area contributed by atoms with E-state index in [0.717, 1.165) is 36.9 Å². The zero-order valence-corrected chi connectivity index (χ0v) is 13.3. The molecule has 0 aliphatic heterocycles. The van der Waals surface area contributed by atoms with Gasteiger partial charge in [-0.2, -0.15) is 5.26 Å². The summed E-state index contributed by atoms with van der Waals surface area (Å²) in [6.45, 7) is 2.03. The summed E-state index contributed by atoms with van der Waals surface area (Å²) in [5, 5.41) is 12.6. The van der Waals surface area contributed by atoms with Crippen LogP contribution in [0.1, 0.15) is 50.5 Å². The normalized spacial score (nSPS) is 22.4. The molecule has 1 saturated carbocycles. The van der Waals surface area contributed by atoms with E-state index in [1.165, 1.54) is 7.11 Å². The van der Waals surface area contributed by atoms with Crippen LogP contribution in [0.25, 0.3) is 0 Å². The van der Waals surface area contributed by atoms with Crippen LogP contribution in [0, 0.1) is 17.2 Å². The van der Waals surface area contributed by atoms with Gasteiger partial charge in [-0.15, -0.1) is 0 Å². The first-order valence-electron chi connectivity index (χ1n) is 7.95. The van der Waals surface area contributed by atoms with Gasteiger partial charge >= 0.3 is 5.97 Å². The number of carbonyl (C=O) groups is 1. The number of nitriles is 1. The molecule has 4 heteroatoms. The molecule has 0 spiro atoms. The molecule has 3 atom stereocenters. The fraction of sp³-hybridized carbons (Fsp3) is 0.556. The van der Waals surface area contributed by atoms with E-state index in [2.05, 4.69) is 35.7 Å². The van der Waals surface area contributed by atoms with Gasteiger partial charge in [-0.1, -0.05) is 25.5 Å². The molecule has 22 heavy (non-hydrogen) atoms. The van der Waals surface area contributed by atoms with E-state index < -0.39 is 0 Å². The van der Waals surface area contributed by atoms with Crippen LogP contribution in [-0.4, -0.2) is 19.1 Å². The van der Waals surface area contributed by atoms with E-state index in [9.17, 15) is 4.79 Å². The summed E-state index contributed by atoms with van der Waals surface area (Å²) in [5.74, 6) is 0.157. The number of carbonyl (C=O) groups excluding carboxylic acids is 1. The third-order valence-electron chi connectivity index (χ3n) is 4.41. The summed E-state index contributed by atoms with van der Waals surface area (Å²) in [5.41, 5.74) is 2.21. The molecule has 1 aliphatic carbocycles. The van der Waals surface area contributed by atoms with Crippen molar-refractivity contribution in [1.29, 1.82) is 5.26 Å². The van der Waals surface area contributed by atoms with Crippen molar-refractivity contribution in [3.8, 4) is 6.07 Å². The number of anilines is 1. The highest BCUT2D eigenvalue weighted by Crippen LogP contribution is 2.27. The summed E-state index contributed by atoms with van der Waals surface area (Å²) >= 11 is 0. The number of hydrogen-bond donors (Lipinski definition) is 1. The second-order valence-electron chi connectivity index (χ2n) is 6.14. The van der Waals surface area contributed by atoms with Gasteiger partial charge in [-0.05, 0) is 42.9 Å². The lowest BCUT2D eigenvalue weighted by Crippen LogP contribution is -2.26. The average Bonchev–Trinajstić information content (AvgIpc) is 2.55. The number of hydrogen-bond acceptors (Lipinski definition) is 4. The third kappa shape index (κ3) is 4.49. The molecule has 1 aliphatic rings. The van der Waals surface area contributed by atoms with Crippen molar-refractivity contribution in [2.24, 2.45) is 5.92 Å². The maximum Gasteiger partial charge on any atom is 0.306 e. The smallest absolute Gasteiger partial charge is 0.306 e. The molecule has 0 saturated heterocycles. The van der Waals surface area contributed by atoms with Crippen LogP contribution in [0.3, 0.4) is 0 Å². The monoisotopic (exact) mass is 300 g/mol. The van der Waals surface area contributed by atoms with E-state index in [4.69, 9.17) is 10.00 Å². The number of benzene rings is 1. The maximum absolute atomic E-state index is 11.3. The first-order valence-corrected chi connectivity index (χ1v) is 7.95. The molecule has 0 amide bonds. The highest BCUT2D eigenvalue weighted by molar-refractivity contribution is 5.70. The van der Waals surface area contributed by atoms with E-state index in [1.54, 1.807) is 0 Å². The van der Waals surface area contributed by atoms with Gasteiger partial charge in [0, 0.05) is 17.6 Å². The quantitative estimate of drug-likeness (QED) is 0.839. The fourth-order valence-corrected chi connectivity index (χ4v) is 3.03. The van der Waals surface area contributed by atoms with Crippen molar-refractivity contribution in [3.63, 3.8) is 0 Å². The fourth-order valence-electron chi connectivity index (χ4n) is 3.03. The standard InChI is InChI=1S/C18H24N2O2/c1-13(10-18(21)22-2)15-6-8-16(9-7-15)20-17-5-3-4-14(11-17)12-19/h6-9,13-14,17,20H,3-5,10-11H2,1-2H3/t13-,14+,17+/m0/s1. The highest BCUT2D eigenvalue weighted by Gasteiger charge is 2.21. The van der Waals surface area contributed by atoms with Gasteiger partial charge in [-0.3, -0.25) is 4.79 Å². The summed E-state index contributed by atoms with van der Waals surface area (Å²) in [6.07, 6.45) is 4.59. The van der Waals surface area contributed by atoms with Gasteiger partial charge in [0.05, 0.1) is 19.6 Å². The Morgan fingerprint density at radius 1 is 1.41 bits per heavy atom. The second-order valence-corrected chi connectivity index (χ2v) is 6.14. The van der Waals surface area contributed by atoms with Gasteiger partial charge in [-0.25, -0.2) is 0 Å². The van der Waals surface area contributed by atoms with Crippen LogP contribution in [0.4, 0.5) is 5.69 Å². The number of rotatable bonds is 5. The lowest BCUT2D eigenvalue weighted by Gasteiger charge is -2.27. The van der Waals surface area contributed by atoms with Crippen LogP contribution in [0.5, 0.6) is 0 Å². The molecule has 1 aromatic carbocycles. The third-order valence-corrected chi connectivity index (χ3v) is 4.41. The molecule has 0 unspecified atom stereocenters. The Kier molecular flexibility index (Phi) is 5.83. The Morgan fingerprint density at radius 2 is 2.14 bits per heavy atom. The van der Waals surface area contributed by atoms with Crippen molar-refractivity contribution in [3.05, 3.63) is 29.8 Å². The number of nitrogens with zero attached hydrogens (tertiary/aromatic N) is 1. The molecule has 0 bridgehead atoms. The van der Waals surface area contributed by atoms with E-state index in [0.29, 0.717) is 12.5 Å². The highest BCUT2D eigenvalue weighted by atomic mass is 16.5. The van der Waals surface area contributed by atoms with Crippen LogP contribution in [0.15, 0.2) is 24.3 Å². The molecule has 0 heterocycles. The molecule has 118 valence electrons. The minimum Gasteiger partial charge on any atom is -0.469 e. The molecule has 1 fully saturated rings. The largest absolute Gasteiger partial charge is 0.469 e. The molecule has 4 nitrogen and oxygen atoms in total. The number of ether oxygens (including phenoxy) is 1. The van der Waals surface area contributed by atoms with Crippen molar-refractivity contribution in [2.45, 2.75) is 51.0 Å². The van der Waals surface area contributed by atoms with Crippen LogP contribution in [0.2, 0.25) is 0 Å². The Labute approximate surface area is 132 Å². The van der Waals surface area contributed by atoms with Crippen molar-refractivity contribution >= 4 is 11.7 Å². The lowest BCUT2D eigenvalue weighted by molar-refractivity contribution is -0.140. The summed E-state index contributed by atoms with van der Waals surface area (Å²) in [6, 6.07) is 11.0. The van der Waals surface area contributed by atoms with Gasteiger partial charge in [0.25, 0.3) is 0 Å². The van der Waals surface area contributed by atoms with Crippen molar-refractivity contribution in [1.82, 2.24) is 0 Å². The minimum absolute atomic E-state index is 0.152. The summed E-state index contributed by atoms with van der Waals surface area (Å²) in [7, 11) is 1.42. The molecule has 1 N–H and O–H groups in total. The molecule has 2 rings (SSSR count). The van der Waals surface area contributed by atoms with E-state index >= 15 is 0 Å². The molecular formula is C18H24N2O2. The predicted molar refractivity (Wildman–Crippen MR) is 86.5 cm³/mol. The summed E-state index contributed by atoms with van der Waals surface area (Å²) < 4.78 is 4.71. The number of methoxy groups -OCH3 is 1. The Morgan fingerprint density at radius 3 is 2.77 bits per heavy atom. The molecule has 0 aromatic heterocycles. The molecule has 1 aromatic rings. The van der Waals surface area contributed by atoms with Gasteiger partial charge in [0.15, 0.2) is 0 Å². The van der Waals surface area contributed by atoms with E-state index in [1.807, 2.05) is 6.92 Å². The summed E-state index contributed by atoms with van der Waals surface area (Å²) in [4.78, 5) is 11.3. The number of nitrogens with one attached hydrogen (secondary N) is 1. The molecule has 0 radical (unpaired) electrons.